The van der Waals surface area contributed by atoms with Gasteiger partial charge in [0.2, 0.25) is 0 Å². The fraction of sp³-hybridized carbons (Fsp3) is 0.308. The van der Waals surface area contributed by atoms with Crippen LogP contribution in [0, 0.1) is 28.1 Å². The Hall–Kier alpha value is -2.13. The Labute approximate surface area is 94.9 Å². The van der Waals surface area contributed by atoms with Gasteiger partial charge in [0.1, 0.15) is 5.41 Å². The highest BCUT2D eigenvalue weighted by Gasteiger charge is 2.33. The van der Waals surface area contributed by atoms with E-state index < -0.39 is 5.41 Å². The predicted octanol–water partition coefficient (Wildman–Crippen LogP) is 2.70. The summed E-state index contributed by atoms with van der Waals surface area (Å²) in [6.07, 6.45) is 0.483. The van der Waals surface area contributed by atoms with E-state index in [9.17, 15) is 4.79 Å². The summed E-state index contributed by atoms with van der Waals surface area (Å²) in [4.78, 5) is 12.1. The SMILES string of the molecule is CC(C#N)(CCC#N)C(=O)c1ccccc1. The van der Waals surface area contributed by atoms with Gasteiger partial charge >= 0.3 is 0 Å². The van der Waals surface area contributed by atoms with Gasteiger partial charge in [-0.15, -0.1) is 0 Å². The lowest BCUT2D eigenvalue weighted by atomic mass is 9.80. The molecule has 0 spiro atoms. The molecule has 0 radical (unpaired) electrons. The van der Waals surface area contributed by atoms with Crippen molar-refractivity contribution in [2.45, 2.75) is 19.8 Å². The first-order valence-electron chi connectivity index (χ1n) is 5.02. The molecule has 0 amide bonds. The second kappa shape index (κ2) is 5.09. The van der Waals surface area contributed by atoms with Crippen molar-refractivity contribution < 1.29 is 4.79 Å². The highest BCUT2D eigenvalue weighted by atomic mass is 16.1. The fourth-order valence-corrected chi connectivity index (χ4v) is 1.43. The Balaban J connectivity index is 2.95. The zero-order chi connectivity index (χ0) is 12.0. The largest absolute Gasteiger partial charge is 0.292 e. The fourth-order valence-electron chi connectivity index (χ4n) is 1.43. The molecule has 0 heterocycles. The highest BCUT2D eigenvalue weighted by Crippen LogP contribution is 2.27. The third-order valence-electron chi connectivity index (χ3n) is 2.52. The summed E-state index contributed by atoms with van der Waals surface area (Å²) in [5.74, 6) is -0.217. The molecule has 0 aromatic heterocycles. The Morgan fingerprint density at radius 2 is 1.94 bits per heavy atom. The van der Waals surface area contributed by atoms with Gasteiger partial charge in [0.15, 0.2) is 5.78 Å². The van der Waals surface area contributed by atoms with Crippen molar-refractivity contribution >= 4 is 5.78 Å². The van der Waals surface area contributed by atoms with E-state index >= 15 is 0 Å². The van der Waals surface area contributed by atoms with Crippen molar-refractivity contribution in [1.29, 1.82) is 10.5 Å². The van der Waals surface area contributed by atoms with Gasteiger partial charge < -0.3 is 0 Å². The molecule has 0 N–H and O–H groups in total. The molecule has 0 bridgehead atoms. The molecule has 0 aliphatic heterocycles. The van der Waals surface area contributed by atoms with Crippen LogP contribution in [0.15, 0.2) is 30.3 Å². The molecule has 0 saturated heterocycles. The Bertz CT molecular complexity index is 453. The first-order chi connectivity index (χ1) is 7.64. The average molecular weight is 212 g/mol. The number of carbonyl (C=O) groups excluding carboxylic acids is 1. The van der Waals surface area contributed by atoms with Crippen molar-refractivity contribution in [3.05, 3.63) is 35.9 Å². The molecule has 0 fully saturated rings. The summed E-state index contributed by atoms with van der Waals surface area (Å²) in [7, 11) is 0. The maximum Gasteiger partial charge on any atom is 0.182 e. The smallest absolute Gasteiger partial charge is 0.182 e. The number of rotatable bonds is 4. The van der Waals surface area contributed by atoms with E-state index in [-0.39, 0.29) is 18.6 Å². The number of nitrogens with zero attached hydrogens (tertiary/aromatic N) is 2. The minimum atomic E-state index is -1.10. The number of hydrogen-bond acceptors (Lipinski definition) is 3. The molecule has 3 nitrogen and oxygen atoms in total. The maximum atomic E-state index is 12.1. The van der Waals surface area contributed by atoms with Crippen LogP contribution in [0.3, 0.4) is 0 Å². The van der Waals surface area contributed by atoms with E-state index in [1.807, 2.05) is 18.2 Å². The topological polar surface area (TPSA) is 64.7 Å². The Kier molecular flexibility index (Phi) is 3.80. The number of carbonyl (C=O) groups is 1. The van der Waals surface area contributed by atoms with Gasteiger partial charge in [-0.2, -0.15) is 10.5 Å². The number of ketones is 1. The summed E-state index contributed by atoms with van der Waals surface area (Å²) in [5.41, 5.74) is -0.582. The van der Waals surface area contributed by atoms with E-state index in [1.165, 1.54) is 0 Å². The lowest BCUT2D eigenvalue weighted by molar-refractivity contribution is 0.0869. The molecule has 3 heteroatoms. The normalized spacial score (nSPS) is 13.2. The van der Waals surface area contributed by atoms with E-state index in [4.69, 9.17) is 10.5 Å². The molecule has 80 valence electrons. The third kappa shape index (κ3) is 2.46. The summed E-state index contributed by atoms with van der Waals surface area (Å²) >= 11 is 0. The lowest BCUT2D eigenvalue weighted by Crippen LogP contribution is -2.26. The first-order valence-corrected chi connectivity index (χ1v) is 5.02. The first kappa shape index (κ1) is 11.9. The second-order valence-corrected chi connectivity index (χ2v) is 3.80. The molecule has 0 aliphatic rings. The van der Waals surface area contributed by atoms with Crippen molar-refractivity contribution in [1.82, 2.24) is 0 Å². The minimum Gasteiger partial charge on any atom is -0.292 e. The second-order valence-electron chi connectivity index (χ2n) is 3.80. The van der Waals surface area contributed by atoms with Gasteiger partial charge in [-0.05, 0) is 13.3 Å². The van der Waals surface area contributed by atoms with Crippen molar-refractivity contribution in [3.63, 3.8) is 0 Å². The van der Waals surface area contributed by atoms with Crippen LogP contribution in [0.25, 0.3) is 0 Å². The monoisotopic (exact) mass is 212 g/mol. The van der Waals surface area contributed by atoms with Gasteiger partial charge in [-0.1, -0.05) is 30.3 Å². The zero-order valence-corrected chi connectivity index (χ0v) is 9.10. The van der Waals surface area contributed by atoms with Crippen LogP contribution in [0.2, 0.25) is 0 Å². The minimum absolute atomic E-state index is 0.211. The molecule has 16 heavy (non-hydrogen) atoms. The van der Waals surface area contributed by atoms with Gasteiger partial charge in [0.05, 0.1) is 12.1 Å². The van der Waals surface area contributed by atoms with Crippen LogP contribution in [0.1, 0.15) is 30.1 Å². The third-order valence-corrected chi connectivity index (χ3v) is 2.52. The van der Waals surface area contributed by atoms with Crippen LogP contribution >= 0.6 is 0 Å². The van der Waals surface area contributed by atoms with Crippen molar-refractivity contribution in [3.8, 4) is 12.1 Å². The summed E-state index contributed by atoms with van der Waals surface area (Å²) in [5, 5.41) is 17.6. The number of Topliss-reactive ketones (excluding diaryl/α,β-unsaturated/α-hetero) is 1. The zero-order valence-electron chi connectivity index (χ0n) is 9.10. The van der Waals surface area contributed by atoms with Crippen LogP contribution in [-0.2, 0) is 0 Å². The van der Waals surface area contributed by atoms with E-state index in [0.717, 1.165) is 0 Å². The molecule has 1 aromatic rings. The van der Waals surface area contributed by atoms with Crippen molar-refractivity contribution in [2.24, 2.45) is 5.41 Å². The van der Waals surface area contributed by atoms with E-state index in [1.54, 1.807) is 31.2 Å². The standard InChI is InChI=1S/C13H12N2O/c1-13(10-15,8-5-9-14)12(16)11-6-3-2-4-7-11/h2-4,6-7H,5,8H2,1H3. The van der Waals surface area contributed by atoms with Crippen LogP contribution in [0.5, 0.6) is 0 Å². The van der Waals surface area contributed by atoms with E-state index in [0.29, 0.717) is 5.56 Å². The lowest BCUT2D eigenvalue weighted by Gasteiger charge is -2.18. The molecule has 1 rings (SSSR count). The predicted molar refractivity (Wildman–Crippen MR) is 59.3 cm³/mol. The quantitative estimate of drug-likeness (QED) is 0.721. The van der Waals surface area contributed by atoms with Gasteiger partial charge in [0.25, 0.3) is 0 Å². The number of nitriles is 2. The van der Waals surface area contributed by atoms with Gasteiger partial charge in [0, 0.05) is 12.0 Å². The Morgan fingerprint density at radius 3 is 2.44 bits per heavy atom. The summed E-state index contributed by atoms with van der Waals surface area (Å²) < 4.78 is 0. The van der Waals surface area contributed by atoms with Crippen LogP contribution < -0.4 is 0 Å². The maximum absolute atomic E-state index is 12.1. The van der Waals surface area contributed by atoms with Crippen LogP contribution in [-0.4, -0.2) is 5.78 Å². The summed E-state index contributed by atoms with van der Waals surface area (Å²) in [6.45, 7) is 1.58. The van der Waals surface area contributed by atoms with Crippen molar-refractivity contribution in [2.75, 3.05) is 0 Å². The average Bonchev–Trinajstić information content (AvgIpc) is 2.36. The molecular weight excluding hydrogens is 200 g/mol. The molecule has 1 unspecified atom stereocenters. The van der Waals surface area contributed by atoms with Gasteiger partial charge in [-0.25, -0.2) is 0 Å². The number of benzene rings is 1. The van der Waals surface area contributed by atoms with Gasteiger partial charge in [-0.3, -0.25) is 4.79 Å². The molecule has 1 aromatic carbocycles. The molecular formula is C13H12N2O. The highest BCUT2D eigenvalue weighted by molar-refractivity contribution is 6.01. The number of hydrogen-bond donors (Lipinski definition) is 0. The van der Waals surface area contributed by atoms with Crippen LogP contribution in [0.4, 0.5) is 0 Å². The molecule has 1 atom stereocenters. The van der Waals surface area contributed by atoms with E-state index in [2.05, 4.69) is 0 Å². The molecule has 0 saturated carbocycles. The Morgan fingerprint density at radius 1 is 1.31 bits per heavy atom. The summed E-state index contributed by atoms with van der Waals surface area (Å²) in [6, 6.07) is 12.7. The molecule has 0 aliphatic carbocycles.